The number of carbonyl (C=O) groups is 5. The Kier molecular flexibility index (Phi) is 28.9. The molecule has 1 aromatic carbocycles. The number of para-hydroxylation sites is 1. The SMILES string of the molecule is CC(=O)OC(C)C(C)C.CC(C)C(C)OC(=O)ON1C(=O)CCC1=O.CC=C(C)C.NCCCC[C@H](Nc1c([N+](=O)[O-])cccc1[N+](=O)[O-])C(=O)O.O=C=O. The van der Waals surface area contributed by atoms with Gasteiger partial charge < -0.3 is 25.6 Å². The minimum Gasteiger partial charge on any atom is -0.480 e. The zero-order chi connectivity index (χ0) is 43.4. The molecule has 20 heteroatoms. The van der Waals surface area contributed by atoms with Crippen LogP contribution in [0.5, 0.6) is 0 Å². The Hall–Kier alpha value is -5.75. The number of ether oxygens (including phenoxy) is 2. The lowest BCUT2D eigenvalue weighted by molar-refractivity contribution is -0.392. The minimum absolute atomic E-state index is 0.0440. The van der Waals surface area contributed by atoms with Crippen LogP contribution in [0.25, 0.3) is 0 Å². The predicted octanol–water partition coefficient (Wildman–Crippen LogP) is 5.73. The Bertz CT molecular complexity index is 1420. The first-order valence-corrected chi connectivity index (χ1v) is 17.1. The van der Waals surface area contributed by atoms with Crippen LogP contribution in [0.2, 0.25) is 0 Å². The molecule has 1 aliphatic rings. The molecular weight excluding hydrogens is 730 g/mol. The molecular formula is C35H55N5O15. The lowest BCUT2D eigenvalue weighted by atomic mass is 10.1. The molecule has 2 rings (SSSR count). The van der Waals surface area contributed by atoms with Crippen molar-refractivity contribution in [1.82, 2.24) is 5.06 Å². The molecule has 1 fully saturated rings. The van der Waals surface area contributed by atoms with Crippen LogP contribution in [0.15, 0.2) is 29.8 Å². The molecule has 2 amide bonds. The van der Waals surface area contributed by atoms with E-state index in [2.05, 4.69) is 30.1 Å². The Morgan fingerprint density at radius 2 is 1.33 bits per heavy atom. The first-order valence-electron chi connectivity index (χ1n) is 17.1. The summed E-state index contributed by atoms with van der Waals surface area (Å²) < 4.78 is 9.74. The zero-order valence-electron chi connectivity index (χ0n) is 33.0. The summed E-state index contributed by atoms with van der Waals surface area (Å²) in [5, 5.41) is 34.0. The summed E-state index contributed by atoms with van der Waals surface area (Å²) in [4.78, 5) is 96.2. The van der Waals surface area contributed by atoms with Gasteiger partial charge in [-0.25, -0.2) is 9.59 Å². The average Bonchev–Trinajstić information content (AvgIpc) is 3.40. The third-order valence-corrected chi connectivity index (χ3v) is 7.24. The van der Waals surface area contributed by atoms with Crippen molar-refractivity contribution in [3.63, 3.8) is 0 Å². The van der Waals surface area contributed by atoms with Gasteiger partial charge in [-0.3, -0.25) is 39.4 Å². The van der Waals surface area contributed by atoms with Gasteiger partial charge in [0.1, 0.15) is 18.2 Å². The maximum Gasteiger partial charge on any atom is 0.534 e. The Morgan fingerprint density at radius 3 is 1.64 bits per heavy atom. The van der Waals surface area contributed by atoms with Crippen LogP contribution in [0.1, 0.15) is 101 Å². The maximum absolute atomic E-state index is 11.2. The molecule has 1 heterocycles. The monoisotopic (exact) mass is 785 g/mol. The number of nitrogens with zero attached hydrogens (tertiary/aromatic N) is 3. The third-order valence-electron chi connectivity index (χ3n) is 7.24. The fourth-order valence-corrected chi connectivity index (χ4v) is 3.34. The van der Waals surface area contributed by atoms with Crippen molar-refractivity contribution in [3.05, 3.63) is 50.1 Å². The molecule has 1 aliphatic heterocycles. The fraction of sp³-hybridized carbons (Fsp3) is 0.600. The van der Waals surface area contributed by atoms with Crippen molar-refractivity contribution in [1.29, 1.82) is 0 Å². The van der Waals surface area contributed by atoms with Crippen molar-refractivity contribution >= 4 is 53.1 Å². The van der Waals surface area contributed by atoms with E-state index in [4.69, 9.17) is 29.9 Å². The van der Waals surface area contributed by atoms with E-state index >= 15 is 0 Å². The summed E-state index contributed by atoms with van der Waals surface area (Å²) in [6, 6.07) is 2.15. The largest absolute Gasteiger partial charge is 0.534 e. The average molecular weight is 786 g/mol. The molecule has 55 heavy (non-hydrogen) atoms. The number of carbonyl (C=O) groups excluding carboxylic acids is 6. The molecule has 1 saturated heterocycles. The minimum atomic E-state index is -1.25. The molecule has 20 nitrogen and oxygen atoms in total. The van der Waals surface area contributed by atoms with Gasteiger partial charge in [0.25, 0.3) is 23.2 Å². The van der Waals surface area contributed by atoms with E-state index < -0.39 is 56.9 Å². The first kappa shape index (κ1) is 53.6. The number of hydrogen-bond donors (Lipinski definition) is 3. The molecule has 4 N–H and O–H groups in total. The summed E-state index contributed by atoms with van der Waals surface area (Å²) in [6.45, 7) is 19.4. The number of benzene rings is 1. The number of anilines is 1. The zero-order valence-corrected chi connectivity index (χ0v) is 33.0. The van der Waals surface area contributed by atoms with Crippen molar-refractivity contribution in [2.75, 3.05) is 11.9 Å². The molecule has 0 bridgehead atoms. The van der Waals surface area contributed by atoms with Crippen LogP contribution in [0.3, 0.4) is 0 Å². The van der Waals surface area contributed by atoms with Crippen molar-refractivity contribution in [2.45, 2.75) is 120 Å². The van der Waals surface area contributed by atoms with Crippen molar-refractivity contribution in [2.24, 2.45) is 17.6 Å². The van der Waals surface area contributed by atoms with Crippen LogP contribution in [-0.4, -0.2) is 80.9 Å². The number of nitro benzene ring substituents is 2. The number of rotatable bonds is 14. The second kappa shape index (κ2) is 29.7. The van der Waals surface area contributed by atoms with Gasteiger partial charge in [0.05, 0.1) is 9.85 Å². The quantitative estimate of drug-likeness (QED) is 0.0506. The number of esters is 1. The van der Waals surface area contributed by atoms with Gasteiger partial charge in [-0.15, -0.1) is 0 Å². The summed E-state index contributed by atoms with van der Waals surface area (Å²) >= 11 is 0. The molecule has 1 aromatic rings. The lowest BCUT2D eigenvalue weighted by Crippen LogP contribution is -2.34. The van der Waals surface area contributed by atoms with Gasteiger partial charge in [-0.05, 0) is 78.3 Å². The highest BCUT2D eigenvalue weighted by Crippen LogP contribution is 2.34. The number of hydroxylamine groups is 2. The molecule has 3 atom stereocenters. The standard InChI is InChI=1S/C12H16N4O6.C10H15NO5.C7H14O2.C5H10.CO2/c13-7-2-1-4-8(12(17)18)14-11-9(15(19)20)5-3-6-10(11)16(21)22;1-6(2)7(3)15-10(14)16-11-8(12)4-5-9(11)13;1-5(2)6(3)9-7(4)8;1-4-5(2)3;2-1-3/h3,5-6,8,14H,1-2,4,7,13H2,(H,17,18);6-7H,4-5H2,1-3H3;5-6H,1-4H3;4H,1-3H3;/t8-;;;;/m0..../s1. The summed E-state index contributed by atoms with van der Waals surface area (Å²) in [5.41, 5.74) is 5.21. The molecule has 310 valence electrons. The number of carboxylic acid groups (broad SMARTS) is 1. The van der Waals surface area contributed by atoms with Gasteiger partial charge in [0.15, 0.2) is 5.69 Å². The normalized spacial score (nSPS) is 12.9. The fourth-order valence-electron chi connectivity index (χ4n) is 3.34. The van der Waals surface area contributed by atoms with Crippen LogP contribution < -0.4 is 11.1 Å². The van der Waals surface area contributed by atoms with Crippen LogP contribution >= 0.6 is 0 Å². The van der Waals surface area contributed by atoms with E-state index in [1.807, 2.05) is 41.5 Å². The van der Waals surface area contributed by atoms with Crippen molar-refractivity contribution in [3.8, 4) is 0 Å². The molecule has 0 aromatic heterocycles. The number of imide groups is 1. The van der Waals surface area contributed by atoms with Crippen molar-refractivity contribution < 1.29 is 62.8 Å². The summed E-state index contributed by atoms with van der Waals surface area (Å²) in [7, 11) is 0. The van der Waals surface area contributed by atoms with E-state index in [1.165, 1.54) is 18.6 Å². The Balaban J connectivity index is -0.000000712. The number of nitrogens with two attached hydrogens (primary N) is 1. The van der Waals surface area contributed by atoms with Gasteiger partial charge in [-0.2, -0.15) is 9.59 Å². The number of hydrogen-bond acceptors (Lipinski definition) is 16. The maximum atomic E-state index is 11.2. The topological polar surface area (TPSA) is 295 Å². The highest BCUT2D eigenvalue weighted by atomic mass is 16.8. The van der Waals surface area contributed by atoms with Crippen LogP contribution in [0, 0.1) is 32.1 Å². The third kappa shape index (κ3) is 25.0. The van der Waals surface area contributed by atoms with E-state index in [0.717, 1.165) is 12.1 Å². The van der Waals surface area contributed by atoms with E-state index in [-0.39, 0.29) is 49.5 Å². The molecule has 0 saturated carbocycles. The number of aliphatic carboxylic acids is 1. The molecule has 0 radical (unpaired) electrons. The van der Waals surface area contributed by atoms with Gasteiger partial charge in [0.2, 0.25) is 0 Å². The van der Waals surface area contributed by atoms with Crippen LogP contribution in [-0.2, 0) is 43.1 Å². The number of unbranched alkanes of at least 4 members (excludes halogenated alkanes) is 1. The number of allylic oxidation sites excluding steroid dienone is 2. The molecule has 0 aliphatic carbocycles. The number of nitro groups is 2. The highest BCUT2D eigenvalue weighted by Gasteiger charge is 2.34. The van der Waals surface area contributed by atoms with E-state index in [9.17, 15) is 44.2 Å². The summed E-state index contributed by atoms with van der Waals surface area (Å²) in [6.07, 6.45) is 2.39. The molecule has 0 spiro atoms. The summed E-state index contributed by atoms with van der Waals surface area (Å²) in [5.74, 6) is -1.93. The smallest absolute Gasteiger partial charge is 0.480 e. The van der Waals surface area contributed by atoms with Crippen LogP contribution in [0.4, 0.5) is 21.9 Å². The second-order valence-corrected chi connectivity index (χ2v) is 12.5. The number of amides is 2. The highest BCUT2D eigenvalue weighted by molar-refractivity contribution is 6.01. The van der Waals surface area contributed by atoms with E-state index in [1.54, 1.807) is 6.92 Å². The molecule has 2 unspecified atom stereocenters. The lowest BCUT2D eigenvalue weighted by Gasteiger charge is -2.18. The van der Waals surface area contributed by atoms with Gasteiger partial charge in [0, 0.05) is 31.9 Å². The first-order chi connectivity index (χ1) is 25.5. The van der Waals surface area contributed by atoms with Gasteiger partial charge in [-0.1, -0.05) is 44.4 Å². The predicted molar refractivity (Wildman–Crippen MR) is 197 cm³/mol. The Morgan fingerprint density at radius 1 is 0.909 bits per heavy atom. The number of nitrogens with one attached hydrogen (secondary N) is 1. The number of carboxylic acids is 1. The van der Waals surface area contributed by atoms with Gasteiger partial charge >= 0.3 is 24.2 Å². The Labute approximate surface area is 320 Å². The second-order valence-electron chi connectivity index (χ2n) is 12.5. The van der Waals surface area contributed by atoms with E-state index in [0.29, 0.717) is 30.4 Å².